The summed E-state index contributed by atoms with van der Waals surface area (Å²) in [6.45, 7) is 6.99. The van der Waals surface area contributed by atoms with Gasteiger partial charge in [0.15, 0.2) is 18.1 Å². The Morgan fingerprint density at radius 1 is 0.938 bits per heavy atom. The van der Waals surface area contributed by atoms with Crippen LogP contribution in [-0.2, 0) is 34.9 Å². The number of ether oxygens (including phenoxy) is 2. The lowest BCUT2D eigenvalue weighted by Crippen LogP contribution is -2.47. The highest BCUT2D eigenvalue weighted by atomic mass is 16.5. The minimum absolute atomic E-state index is 0.104. The van der Waals surface area contributed by atoms with Gasteiger partial charge in [0.1, 0.15) is 11.7 Å². The highest BCUT2D eigenvalue weighted by Gasteiger charge is 2.24. The third kappa shape index (κ3) is 8.92. The second kappa shape index (κ2) is 16.3. The van der Waals surface area contributed by atoms with Crippen LogP contribution in [0.1, 0.15) is 60.0 Å². The van der Waals surface area contributed by atoms with Gasteiger partial charge in [0, 0.05) is 65.0 Å². The van der Waals surface area contributed by atoms with Crippen molar-refractivity contribution in [1.29, 1.82) is 0 Å². The number of aryl methyl sites for hydroxylation is 4. The number of fused-ring (bicyclic) bond motifs is 2. The van der Waals surface area contributed by atoms with Gasteiger partial charge in [-0.2, -0.15) is 10.2 Å². The van der Waals surface area contributed by atoms with Crippen molar-refractivity contribution >= 4 is 23.6 Å². The molecular weight excluding hydrogens is 616 g/mol. The molecule has 1 aromatic carbocycles. The van der Waals surface area contributed by atoms with Gasteiger partial charge in [-0.05, 0) is 70.2 Å². The molecule has 2 aromatic heterocycles. The van der Waals surface area contributed by atoms with Crippen LogP contribution >= 0.6 is 0 Å². The topological polar surface area (TPSA) is 153 Å². The number of carbonyl (C=O) groups excluding carboxylic acids is 4. The minimum Gasteiger partial charge on any atom is -0.493 e. The Labute approximate surface area is 281 Å². The normalized spacial score (nSPS) is 17.9. The number of methoxy groups -OCH3 is 1. The third-order valence-corrected chi connectivity index (χ3v) is 8.60. The quantitative estimate of drug-likeness (QED) is 0.432. The van der Waals surface area contributed by atoms with Gasteiger partial charge in [0.2, 0.25) is 11.8 Å². The van der Waals surface area contributed by atoms with E-state index in [0.29, 0.717) is 74.7 Å². The molecule has 3 heterocycles. The minimum atomic E-state index is -0.750. The van der Waals surface area contributed by atoms with Gasteiger partial charge < -0.3 is 29.9 Å². The summed E-state index contributed by atoms with van der Waals surface area (Å²) in [5, 5.41) is 14.8. The molecule has 4 amide bonds. The van der Waals surface area contributed by atoms with Crippen molar-refractivity contribution in [2.45, 2.75) is 58.9 Å². The lowest BCUT2D eigenvalue weighted by molar-refractivity contribution is -0.135. The Bertz CT molecular complexity index is 1630. The van der Waals surface area contributed by atoms with Gasteiger partial charge in [0.25, 0.3) is 11.8 Å². The Morgan fingerprint density at radius 2 is 1.67 bits per heavy atom. The highest BCUT2D eigenvalue weighted by molar-refractivity contribution is 5.94. The van der Waals surface area contributed by atoms with Crippen LogP contribution in [0, 0.1) is 13.8 Å². The number of nitrogens with zero attached hydrogens (tertiary/aromatic N) is 6. The van der Waals surface area contributed by atoms with Gasteiger partial charge in [-0.3, -0.25) is 28.5 Å². The summed E-state index contributed by atoms with van der Waals surface area (Å²) in [5.74, 6) is -0.100. The van der Waals surface area contributed by atoms with Crippen LogP contribution in [-0.4, -0.2) is 106 Å². The molecular formula is C34H48N8O6. The predicted octanol–water partition coefficient (Wildman–Crippen LogP) is 2.16. The van der Waals surface area contributed by atoms with Crippen molar-refractivity contribution in [1.82, 2.24) is 40.0 Å². The summed E-state index contributed by atoms with van der Waals surface area (Å²) < 4.78 is 14.5. The van der Waals surface area contributed by atoms with Gasteiger partial charge >= 0.3 is 0 Å². The summed E-state index contributed by atoms with van der Waals surface area (Å²) in [6, 6.07) is 6.38. The average Bonchev–Trinajstić information content (AvgIpc) is 3.56. The Morgan fingerprint density at radius 3 is 2.38 bits per heavy atom. The molecule has 14 heteroatoms. The van der Waals surface area contributed by atoms with Crippen LogP contribution in [0.2, 0.25) is 0 Å². The van der Waals surface area contributed by atoms with E-state index in [9.17, 15) is 19.2 Å². The van der Waals surface area contributed by atoms with Crippen molar-refractivity contribution < 1.29 is 28.7 Å². The summed E-state index contributed by atoms with van der Waals surface area (Å²) in [6.07, 6.45) is 2.58. The summed E-state index contributed by atoms with van der Waals surface area (Å²) >= 11 is 0. The first-order valence-electron chi connectivity index (χ1n) is 16.3. The molecule has 0 aliphatic carbocycles. The molecule has 1 aliphatic heterocycles. The van der Waals surface area contributed by atoms with E-state index in [1.807, 2.05) is 27.0 Å². The highest BCUT2D eigenvalue weighted by Crippen LogP contribution is 2.29. The molecule has 0 unspecified atom stereocenters. The van der Waals surface area contributed by atoms with Crippen molar-refractivity contribution in [3.05, 3.63) is 46.9 Å². The SMILES string of the molecule is COc1ccc2cc1OCC(=O)N[C@@H](C)C(=O)N(C)CCCCN(C(=O)c1cc(-c3c(C)nn(C)c3C)nn1C)CCCNC(=O)CC2. The van der Waals surface area contributed by atoms with Crippen LogP contribution in [0.4, 0.5) is 0 Å². The maximum atomic E-state index is 13.9. The Kier molecular flexibility index (Phi) is 12.2. The largest absolute Gasteiger partial charge is 0.493 e. The number of benzene rings is 1. The first kappa shape index (κ1) is 36.0. The van der Waals surface area contributed by atoms with E-state index in [4.69, 9.17) is 9.47 Å². The van der Waals surface area contributed by atoms with E-state index >= 15 is 0 Å². The monoisotopic (exact) mass is 664 g/mol. The van der Waals surface area contributed by atoms with Crippen LogP contribution in [0.25, 0.3) is 11.3 Å². The molecule has 2 N–H and O–H groups in total. The number of hydrogen-bond donors (Lipinski definition) is 2. The molecule has 14 nitrogen and oxygen atoms in total. The Hall–Kier alpha value is -4.88. The second-order valence-electron chi connectivity index (χ2n) is 12.2. The van der Waals surface area contributed by atoms with Crippen molar-refractivity contribution in [3.8, 4) is 22.8 Å². The van der Waals surface area contributed by atoms with Crippen LogP contribution < -0.4 is 20.1 Å². The van der Waals surface area contributed by atoms with E-state index in [-0.39, 0.29) is 30.7 Å². The van der Waals surface area contributed by atoms with E-state index in [1.165, 1.54) is 7.11 Å². The fourth-order valence-corrected chi connectivity index (χ4v) is 5.82. The summed E-state index contributed by atoms with van der Waals surface area (Å²) in [5.41, 5.74) is 4.69. The molecule has 2 bridgehead atoms. The third-order valence-electron chi connectivity index (χ3n) is 8.60. The number of hydrogen-bond acceptors (Lipinski definition) is 8. The van der Waals surface area contributed by atoms with Gasteiger partial charge in [-0.1, -0.05) is 6.07 Å². The van der Waals surface area contributed by atoms with Gasteiger partial charge in [-0.15, -0.1) is 0 Å². The lowest BCUT2D eigenvalue weighted by atomic mass is 10.1. The number of amides is 4. The molecule has 0 saturated heterocycles. The fraction of sp³-hybridized carbons (Fsp3) is 0.529. The van der Waals surface area contributed by atoms with Crippen molar-refractivity contribution in [3.63, 3.8) is 0 Å². The zero-order valence-corrected chi connectivity index (χ0v) is 29.1. The zero-order chi connectivity index (χ0) is 35.0. The maximum Gasteiger partial charge on any atom is 0.272 e. The number of rotatable bonds is 3. The molecule has 0 fully saturated rings. The standard InChI is InChI=1S/C34H48N8O6/c1-22-32(24(3)40(5)37-22)26-20-27(41(6)38-26)34(46)42-17-9-8-16-39(4)33(45)23(2)36-31(44)21-48-29-19-25(11-13-28(29)47-7)12-14-30(43)35-15-10-18-42/h11,13,19-20,23H,8-10,12,14-18,21H2,1-7H3,(H,35,43)(H,36,44)/t23-/m0/s1. The molecule has 0 spiro atoms. The average molecular weight is 665 g/mol. The lowest BCUT2D eigenvalue weighted by Gasteiger charge is -2.25. The number of carbonyl (C=O) groups is 4. The van der Waals surface area contributed by atoms with E-state index in [2.05, 4.69) is 20.8 Å². The second-order valence-corrected chi connectivity index (χ2v) is 12.2. The smallest absolute Gasteiger partial charge is 0.272 e. The van der Waals surface area contributed by atoms with Gasteiger partial charge in [0.05, 0.1) is 18.5 Å². The van der Waals surface area contributed by atoms with Crippen LogP contribution in [0.3, 0.4) is 0 Å². The maximum absolute atomic E-state index is 13.9. The molecule has 260 valence electrons. The van der Waals surface area contributed by atoms with E-state index in [0.717, 1.165) is 22.5 Å². The van der Waals surface area contributed by atoms with Crippen LogP contribution in [0.15, 0.2) is 24.3 Å². The summed E-state index contributed by atoms with van der Waals surface area (Å²) in [4.78, 5) is 55.6. The molecule has 3 aromatic rings. The van der Waals surface area contributed by atoms with Gasteiger partial charge in [-0.25, -0.2) is 0 Å². The number of nitrogens with one attached hydrogen (secondary N) is 2. The van der Waals surface area contributed by atoms with E-state index < -0.39 is 11.9 Å². The summed E-state index contributed by atoms with van der Waals surface area (Å²) in [7, 11) is 6.84. The first-order chi connectivity index (χ1) is 22.9. The molecule has 48 heavy (non-hydrogen) atoms. The van der Waals surface area contributed by atoms with Crippen LogP contribution in [0.5, 0.6) is 11.5 Å². The zero-order valence-electron chi connectivity index (χ0n) is 29.1. The van der Waals surface area contributed by atoms with Crippen molar-refractivity contribution in [2.24, 2.45) is 14.1 Å². The Balaban J connectivity index is 1.50. The molecule has 0 saturated carbocycles. The number of aromatic nitrogens is 4. The van der Waals surface area contributed by atoms with Crippen molar-refractivity contribution in [2.75, 3.05) is 46.9 Å². The molecule has 0 radical (unpaired) electrons. The number of likely N-dealkylation sites (N-methyl/N-ethyl adjacent to an activating group) is 1. The molecule has 1 atom stereocenters. The fourth-order valence-electron chi connectivity index (χ4n) is 5.82. The predicted molar refractivity (Wildman–Crippen MR) is 180 cm³/mol. The molecule has 4 rings (SSSR count). The molecule has 1 aliphatic rings. The first-order valence-corrected chi connectivity index (χ1v) is 16.3. The van der Waals surface area contributed by atoms with E-state index in [1.54, 1.807) is 58.4 Å².